The van der Waals surface area contributed by atoms with Gasteiger partial charge in [-0.1, -0.05) is 11.3 Å². The highest BCUT2D eigenvalue weighted by Gasteiger charge is 2.13. The molecule has 6 heteroatoms. The van der Waals surface area contributed by atoms with Crippen molar-refractivity contribution in [3.05, 3.63) is 33.2 Å². The summed E-state index contributed by atoms with van der Waals surface area (Å²) in [6.07, 6.45) is 0. The minimum Gasteiger partial charge on any atom is -0.478 e. The number of carboxylic acids is 1. The van der Waals surface area contributed by atoms with E-state index in [9.17, 15) is 14.0 Å². The van der Waals surface area contributed by atoms with E-state index in [0.29, 0.717) is 0 Å². The highest BCUT2D eigenvalue weighted by atomic mass is 32.1. The quantitative estimate of drug-likeness (QED) is 0.752. The summed E-state index contributed by atoms with van der Waals surface area (Å²) in [6.45, 7) is 0. The third-order valence-corrected chi connectivity index (χ3v) is 2.65. The fourth-order valence-electron chi connectivity index (χ4n) is 1.18. The number of benzene rings is 1. The van der Waals surface area contributed by atoms with Crippen LogP contribution < -0.4 is 4.87 Å². The Hall–Kier alpha value is -1.69. The van der Waals surface area contributed by atoms with Crippen LogP contribution in [0.15, 0.2) is 16.9 Å². The summed E-state index contributed by atoms with van der Waals surface area (Å²) >= 11 is 0.757. The van der Waals surface area contributed by atoms with Crippen molar-refractivity contribution in [2.24, 2.45) is 0 Å². The van der Waals surface area contributed by atoms with E-state index < -0.39 is 16.7 Å². The molecule has 0 bridgehead atoms. The van der Waals surface area contributed by atoms with Crippen LogP contribution >= 0.6 is 11.3 Å². The van der Waals surface area contributed by atoms with Gasteiger partial charge in [0.05, 0.1) is 15.8 Å². The Bertz CT molecular complexity index is 571. The second-order valence-electron chi connectivity index (χ2n) is 2.65. The number of hydrogen-bond acceptors (Lipinski definition) is 3. The van der Waals surface area contributed by atoms with Crippen molar-refractivity contribution in [3.63, 3.8) is 0 Å². The number of aromatic carboxylic acids is 1. The molecule has 1 heterocycles. The lowest BCUT2D eigenvalue weighted by molar-refractivity contribution is 0.0698. The van der Waals surface area contributed by atoms with E-state index in [1.807, 2.05) is 0 Å². The maximum Gasteiger partial charge on any atom is 0.337 e. The number of rotatable bonds is 1. The number of fused-ring (bicyclic) bond motifs is 1. The number of carboxylic acid groups (broad SMARTS) is 1. The van der Waals surface area contributed by atoms with Gasteiger partial charge in [0.15, 0.2) is 0 Å². The smallest absolute Gasteiger partial charge is 0.337 e. The van der Waals surface area contributed by atoms with Gasteiger partial charge in [-0.2, -0.15) is 0 Å². The number of H-pyrrole nitrogens is 1. The van der Waals surface area contributed by atoms with Crippen molar-refractivity contribution >= 4 is 27.5 Å². The van der Waals surface area contributed by atoms with E-state index >= 15 is 0 Å². The average Bonchev–Trinajstić information content (AvgIpc) is 2.42. The lowest BCUT2D eigenvalue weighted by atomic mass is 10.2. The molecule has 0 saturated heterocycles. The molecule has 14 heavy (non-hydrogen) atoms. The topological polar surface area (TPSA) is 70.2 Å². The number of nitrogens with one attached hydrogen (secondary N) is 1. The second-order valence-corrected chi connectivity index (χ2v) is 3.63. The van der Waals surface area contributed by atoms with Crippen LogP contribution in [-0.2, 0) is 0 Å². The van der Waals surface area contributed by atoms with E-state index in [1.54, 1.807) is 0 Å². The molecule has 72 valence electrons. The van der Waals surface area contributed by atoms with Crippen LogP contribution in [0.3, 0.4) is 0 Å². The summed E-state index contributed by atoms with van der Waals surface area (Å²) in [7, 11) is 0. The van der Waals surface area contributed by atoms with Crippen molar-refractivity contribution in [1.29, 1.82) is 0 Å². The zero-order valence-electron chi connectivity index (χ0n) is 6.70. The molecular formula is C8H4FNO3S. The standard InChI is InChI=1S/C8H4FNO3S/c9-3-1-4(7(11)12)6-5(2-3)10-8(13)14-6/h1-2H,(H,10,13)(H,11,12). The summed E-state index contributed by atoms with van der Waals surface area (Å²) in [6, 6.07) is 1.99. The third kappa shape index (κ3) is 1.29. The van der Waals surface area contributed by atoms with Gasteiger partial charge in [0, 0.05) is 0 Å². The van der Waals surface area contributed by atoms with Crippen molar-refractivity contribution < 1.29 is 14.3 Å². The maximum atomic E-state index is 12.9. The van der Waals surface area contributed by atoms with Crippen LogP contribution in [0.1, 0.15) is 10.4 Å². The fourth-order valence-corrected chi connectivity index (χ4v) is 2.01. The van der Waals surface area contributed by atoms with Gasteiger partial charge in [-0.15, -0.1) is 0 Å². The van der Waals surface area contributed by atoms with Crippen LogP contribution in [0.2, 0.25) is 0 Å². The molecule has 2 rings (SSSR count). The predicted octanol–water partition coefficient (Wildman–Crippen LogP) is 1.43. The third-order valence-electron chi connectivity index (χ3n) is 1.72. The van der Waals surface area contributed by atoms with Gasteiger partial charge in [-0.3, -0.25) is 4.79 Å². The predicted molar refractivity (Wildman–Crippen MR) is 49.4 cm³/mol. The summed E-state index contributed by atoms with van der Waals surface area (Å²) in [5.41, 5.74) is 0.0285. The first-order valence-corrected chi connectivity index (χ1v) is 4.45. The Morgan fingerprint density at radius 1 is 1.50 bits per heavy atom. The first-order valence-electron chi connectivity index (χ1n) is 3.63. The molecular weight excluding hydrogens is 209 g/mol. The van der Waals surface area contributed by atoms with Crippen molar-refractivity contribution in [2.75, 3.05) is 0 Å². The van der Waals surface area contributed by atoms with E-state index in [1.165, 1.54) is 0 Å². The molecule has 0 spiro atoms. The van der Waals surface area contributed by atoms with Gasteiger partial charge >= 0.3 is 10.8 Å². The lowest BCUT2D eigenvalue weighted by Crippen LogP contribution is -1.97. The monoisotopic (exact) mass is 213 g/mol. The molecule has 0 aliphatic heterocycles. The van der Waals surface area contributed by atoms with Gasteiger partial charge in [0.2, 0.25) is 0 Å². The van der Waals surface area contributed by atoms with E-state index in [0.717, 1.165) is 23.5 Å². The van der Waals surface area contributed by atoms with E-state index in [-0.39, 0.29) is 15.8 Å². The molecule has 0 atom stereocenters. The molecule has 0 unspecified atom stereocenters. The minimum absolute atomic E-state index is 0.191. The molecule has 1 aromatic heterocycles. The Morgan fingerprint density at radius 3 is 2.86 bits per heavy atom. The van der Waals surface area contributed by atoms with Gasteiger partial charge in [-0.05, 0) is 12.1 Å². The largest absolute Gasteiger partial charge is 0.478 e. The second kappa shape index (κ2) is 2.91. The first-order chi connectivity index (χ1) is 6.58. The number of aromatic amines is 1. The van der Waals surface area contributed by atoms with E-state index in [2.05, 4.69) is 4.98 Å². The lowest BCUT2D eigenvalue weighted by Gasteiger charge is -1.95. The Balaban J connectivity index is 2.92. The maximum absolute atomic E-state index is 12.9. The van der Waals surface area contributed by atoms with Crippen LogP contribution in [0.25, 0.3) is 10.2 Å². The molecule has 0 aliphatic rings. The molecule has 0 aliphatic carbocycles. The molecule has 0 saturated carbocycles. The normalized spacial score (nSPS) is 10.6. The number of carbonyl (C=O) groups is 1. The Kier molecular flexibility index (Phi) is 1.85. The van der Waals surface area contributed by atoms with Gasteiger partial charge in [-0.25, -0.2) is 9.18 Å². The van der Waals surface area contributed by atoms with Gasteiger partial charge in [0.25, 0.3) is 0 Å². The number of aromatic nitrogens is 1. The molecule has 0 radical (unpaired) electrons. The highest BCUT2D eigenvalue weighted by molar-refractivity contribution is 7.16. The van der Waals surface area contributed by atoms with Crippen LogP contribution in [-0.4, -0.2) is 16.1 Å². The highest BCUT2D eigenvalue weighted by Crippen LogP contribution is 2.21. The fraction of sp³-hybridized carbons (Fsp3) is 0. The van der Waals surface area contributed by atoms with Crippen LogP contribution in [0, 0.1) is 5.82 Å². The molecule has 1 aromatic carbocycles. The van der Waals surface area contributed by atoms with Gasteiger partial charge < -0.3 is 10.1 Å². The summed E-state index contributed by atoms with van der Waals surface area (Å²) in [4.78, 5) is 23.6. The first kappa shape index (κ1) is 8.89. The summed E-state index contributed by atoms with van der Waals surface area (Å²) in [5.74, 6) is -1.92. The Morgan fingerprint density at radius 2 is 2.21 bits per heavy atom. The average molecular weight is 213 g/mol. The molecule has 4 nitrogen and oxygen atoms in total. The van der Waals surface area contributed by atoms with Crippen molar-refractivity contribution in [1.82, 2.24) is 4.98 Å². The van der Waals surface area contributed by atoms with E-state index in [4.69, 9.17) is 5.11 Å². The van der Waals surface area contributed by atoms with Crippen molar-refractivity contribution in [3.8, 4) is 0 Å². The number of hydrogen-bond donors (Lipinski definition) is 2. The van der Waals surface area contributed by atoms with Crippen molar-refractivity contribution in [2.45, 2.75) is 0 Å². The minimum atomic E-state index is -1.25. The zero-order valence-corrected chi connectivity index (χ0v) is 7.52. The summed E-state index contributed by atoms with van der Waals surface area (Å²) in [5, 5.41) is 8.74. The summed E-state index contributed by atoms with van der Waals surface area (Å²) < 4.78 is 13.2. The van der Waals surface area contributed by atoms with Crippen LogP contribution in [0.4, 0.5) is 4.39 Å². The number of halogens is 1. The molecule has 2 aromatic rings. The molecule has 2 N–H and O–H groups in total. The zero-order chi connectivity index (χ0) is 10.3. The van der Waals surface area contributed by atoms with Crippen LogP contribution in [0.5, 0.6) is 0 Å². The molecule has 0 amide bonds. The van der Waals surface area contributed by atoms with Gasteiger partial charge in [0.1, 0.15) is 5.82 Å². The number of thiazole rings is 1. The SMILES string of the molecule is O=C(O)c1cc(F)cc2[nH]c(=O)sc12. The molecule has 0 fully saturated rings. The Labute approximate surface area is 80.6 Å².